The van der Waals surface area contributed by atoms with Gasteiger partial charge in [0.25, 0.3) is 5.91 Å². The van der Waals surface area contributed by atoms with Crippen LogP contribution in [0, 0.1) is 0 Å². The van der Waals surface area contributed by atoms with Gasteiger partial charge in [-0.2, -0.15) is 18.3 Å². The van der Waals surface area contributed by atoms with Gasteiger partial charge in [0.15, 0.2) is 11.7 Å². The number of anilines is 1. The van der Waals surface area contributed by atoms with E-state index in [1.54, 1.807) is 12.1 Å². The molecular weight excluding hydrogens is 391 g/mol. The second-order valence-corrected chi connectivity index (χ2v) is 7.07. The summed E-state index contributed by atoms with van der Waals surface area (Å²) in [5.74, 6) is 0.0407. The molecule has 4 rings (SSSR count). The number of carbonyl (C=O) groups is 1. The fourth-order valence-electron chi connectivity index (χ4n) is 3.60. The second kappa shape index (κ2) is 8.07. The molecule has 4 heterocycles. The summed E-state index contributed by atoms with van der Waals surface area (Å²) in [5, 5.41) is 9.65. The number of aromatic nitrogens is 2. The molecule has 8 nitrogen and oxygen atoms in total. The van der Waals surface area contributed by atoms with E-state index in [1.807, 2.05) is 0 Å². The van der Waals surface area contributed by atoms with Crippen LogP contribution in [0.3, 0.4) is 0 Å². The fraction of sp³-hybridized carbons (Fsp3) is 0.556. The third-order valence-corrected chi connectivity index (χ3v) is 5.13. The van der Waals surface area contributed by atoms with Crippen molar-refractivity contribution < 1.29 is 27.1 Å². The van der Waals surface area contributed by atoms with Crippen molar-refractivity contribution in [1.29, 1.82) is 0 Å². The summed E-state index contributed by atoms with van der Waals surface area (Å²) in [7, 11) is 0. The number of nitrogens with zero attached hydrogens (tertiary/aromatic N) is 3. The van der Waals surface area contributed by atoms with E-state index in [2.05, 4.69) is 20.6 Å². The van der Waals surface area contributed by atoms with E-state index in [9.17, 15) is 18.0 Å². The number of furan rings is 1. The van der Waals surface area contributed by atoms with Gasteiger partial charge in [0.2, 0.25) is 0 Å². The van der Waals surface area contributed by atoms with Crippen LogP contribution in [0.5, 0.6) is 0 Å². The van der Waals surface area contributed by atoms with Crippen molar-refractivity contribution in [2.75, 3.05) is 44.7 Å². The molecule has 2 aliphatic rings. The Morgan fingerprint density at radius 1 is 1.34 bits per heavy atom. The van der Waals surface area contributed by atoms with Crippen molar-refractivity contribution in [3.05, 3.63) is 35.9 Å². The Bertz CT molecular complexity index is 830. The highest BCUT2D eigenvalue weighted by atomic mass is 19.4. The van der Waals surface area contributed by atoms with E-state index in [0.717, 1.165) is 17.8 Å². The molecule has 158 valence electrons. The van der Waals surface area contributed by atoms with Crippen molar-refractivity contribution in [3.63, 3.8) is 0 Å². The molecule has 2 N–H and O–H groups in total. The first kappa shape index (κ1) is 19.8. The first-order valence-corrected chi connectivity index (χ1v) is 9.46. The summed E-state index contributed by atoms with van der Waals surface area (Å²) >= 11 is 0. The Morgan fingerprint density at radius 3 is 2.83 bits per heavy atom. The van der Waals surface area contributed by atoms with Gasteiger partial charge in [-0.05, 0) is 12.1 Å². The standard InChI is InChI=1S/C18H22F3N5O3/c19-18(20,21)15-10-12(14-2-1-7-29-14)23-16-11-13(24-26(15)16)17(27)22-3-4-25-5-8-28-9-6-25/h1-2,7,11-12,15,23H,3-6,8-10H2,(H,22,27)/t12-,15-/m0/s1. The Balaban J connectivity index is 1.46. The molecule has 0 unspecified atom stereocenters. The zero-order valence-corrected chi connectivity index (χ0v) is 15.6. The number of hydrogen-bond acceptors (Lipinski definition) is 6. The lowest BCUT2D eigenvalue weighted by Gasteiger charge is -2.32. The zero-order chi connectivity index (χ0) is 20.4. The summed E-state index contributed by atoms with van der Waals surface area (Å²) in [6.07, 6.45) is -3.36. The Hall–Kier alpha value is -2.53. The third-order valence-electron chi connectivity index (χ3n) is 5.13. The van der Waals surface area contributed by atoms with Gasteiger partial charge >= 0.3 is 6.18 Å². The Kier molecular flexibility index (Phi) is 5.50. The summed E-state index contributed by atoms with van der Waals surface area (Å²) < 4.78 is 52.2. The first-order valence-electron chi connectivity index (χ1n) is 9.46. The van der Waals surface area contributed by atoms with Crippen LogP contribution in [-0.2, 0) is 4.74 Å². The van der Waals surface area contributed by atoms with Gasteiger partial charge in [-0.3, -0.25) is 9.69 Å². The summed E-state index contributed by atoms with van der Waals surface area (Å²) in [4.78, 5) is 14.6. The fourth-order valence-corrected chi connectivity index (χ4v) is 3.60. The van der Waals surface area contributed by atoms with Gasteiger partial charge in [-0.1, -0.05) is 0 Å². The molecule has 2 aromatic rings. The highest BCUT2D eigenvalue weighted by molar-refractivity contribution is 5.93. The van der Waals surface area contributed by atoms with Crippen LogP contribution in [0.2, 0.25) is 0 Å². The second-order valence-electron chi connectivity index (χ2n) is 7.07. The molecule has 2 aliphatic heterocycles. The molecular formula is C18H22F3N5O3. The van der Waals surface area contributed by atoms with E-state index in [-0.39, 0.29) is 17.9 Å². The molecule has 0 radical (unpaired) electrons. The minimum atomic E-state index is -4.50. The molecule has 0 saturated carbocycles. The Morgan fingerprint density at radius 2 is 2.14 bits per heavy atom. The van der Waals surface area contributed by atoms with E-state index in [0.29, 0.717) is 32.1 Å². The molecule has 11 heteroatoms. The lowest BCUT2D eigenvalue weighted by Crippen LogP contribution is -2.41. The monoisotopic (exact) mass is 413 g/mol. The molecule has 1 fully saturated rings. The topological polar surface area (TPSA) is 84.6 Å². The number of morpholine rings is 1. The lowest BCUT2D eigenvalue weighted by atomic mass is 10.0. The maximum atomic E-state index is 13.6. The molecule has 2 aromatic heterocycles. The van der Waals surface area contributed by atoms with Crippen LogP contribution in [0.1, 0.15) is 34.8 Å². The quantitative estimate of drug-likeness (QED) is 0.782. The maximum Gasteiger partial charge on any atom is 0.410 e. The van der Waals surface area contributed by atoms with Crippen molar-refractivity contribution >= 4 is 11.7 Å². The maximum absolute atomic E-state index is 13.6. The summed E-state index contributed by atoms with van der Waals surface area (Å²) in [6, 6.07) is 2.09. The van der Waals surface area contributed by atoms with Gasteiger partial charge < -0.3 is 19.8 Å². The summed E-state index contributed by atoms with van der Waals surface area (Å²) in [6.45, 7) is 3.92. The molecule has 0 spiro atoms. The molecule has 0 aliphatic carbocycles. The summed E-state index contributed by atoms with van der Waals surface area (Å²) in [5.41, 5.74) is -0.0520. The molecule has 29 heavy (non-hydrogen) atoms. The van der Waals surface area contributed by atoms with Gasteiger partial charge in [-0.25, -0.2) is 4.68 Å². The lowest BCUT2D eigenvalue weighted by molar-refractivity contribution is -0.174. The average molecular weight is 413 g/mol. The SMILES string of the molecule is O=C(NCCN1CCOCC1)c1cc2n(n1)[C@H](C(F)(F)F)C[C@@H](c1ccco1)N2. The number of fused-ring (bicyclic) bond motifs is 1. The molecule has 1 amide bonds. The van der Waals surface area contributed by atoms with Crippen LogP contribution in [0.25, 0.3) is 0 Å². The highest BCUT2D eigenvalue weighted by Gasteiger charge is 2.47. The van der Waals surface area contributed by atoms with Crippen molar-refractivity contribution in [2.45, 2.75) is 24.7 Å². The number of nitrogens with one attached hydrogen (secondary N) is 2. The van der Waals surface area contributed by atoms with Crippen molar-refractivity contribution in [1.82, 2.24) is 20.0 Å². The van der Waals surface area contributed by atoms with E-state index < -0.39 is 24.2 Å². The zero-order valence-electron chi connectivity index (χ0n) is 15.6. The smallest absolute Gasteiger partial charge is 0.410 e. The van der Waals surface area contributed by atoms with Gasteiger partial charge in [0.05, 0.1) is 25.5 Å². The van der Waals surface area contributed by atoms with E-state index in [4.69, 9.17) is 9.15 Å². The van der Waals surface area contributed by atoms with Crippen LogP contribution in [0.15, 0.2) is 28.9 Å². The number of halogens is 3. The molecule has 2 atom stereocenters. The van der Waals surface area contributed by atoms with E-state index >= 15 is 0 Å². The van der Waals surface area contributed by atoms with Gasteiger partial charge in [-0.15, -0.1) is 0 Å². The van der Waals surface area contributed by atoms with Crippen LogP contribution < -0.4 is 10.6 Å². The largest absolute Gasteiger partial charge is 0.467 e. The predicted molar refractivity (Wildman–Crippen MR) is 96.6 cm³/mol. The molecule has 0 aromatic carbocycles. The van der Waals surface area contributed by atoms with Gasteiger partial charge in [0.1, 0.15) is 11.6 Å². The number of carbonyl (C=O) groups excluding carboxylic acids is 1. The number of ether oxygens (including phenoxy) is 1. The number of hydrogen-bond donors (Lipinski definition) is 2. The molecule has 1 saturated heterocycles. The number of alkyl halides is 3. The van der Waals surface area contributed by atoms with Crippen molar-refractivity contribution in [3.8, 4) is 0 Å². The number of rotatable bonds is 5. The van der Waals surface area contributed by atoms with Gasteiger partial charge in [0, 0.05) is 38.7 Å². The predicted octanol–water partition coefficient (Wildman–Crippen LogP) is 2.20. The van der Waals surface area contributed by atoms with Crippen LogP contribution >= 0.6 is 0 Å². The number of amides is 1. The van der Waals surface area contributed by atoms with E-state index in [1.165, 1.54) is 12.3 Å². The normalized spacial score (nSPS) is 22.7. The molecule has 0 bridgehead atoms. The Labute approximate surface area is 165 Å². The van der Waals surface area contributed by atoms with Crippen molar-refractivity contribution in [2.24, 2.45) is 0 Å². The minimum absolute atomic E-state index is 0.0520. The average Bonchev–Trinajstić information content (AvgIpc) is 3.37. The highest BCUT2D eigenvalue weighted by Crippen LogP contribution is 2.43. The third kappa shape index (κ3) is 4.40. The minimum Gasteiger partial charge on any atom is -0.467 e. The van der Waals surface area contributed by atoms with Crippen LogP contribution in [0.4, 0.5) is 19.0 Å². The first-order chi connectivity index (χ1) is 13.9. The van der Waals surface area contributed by atoms with Crippen LogP contribution in [-0.4, -0.2) is 66.2 Å².